The van der Waals surface area contributed by atoms with Crippen LogP contribution in [-0.4, -0.2) is 0 Å². The summed E-state index contributed by atoms with van der Waals surface area (Å²) in [6, 6.07) is 37.3. The van der Waals surface area contributed by atoms with E-state index in [1.54, 1.807) is 0 Å². The van der Waals surface area contributed by atoms with E-state index >= 15 is 0 Å². The van der Waals surface area contributed by atoms with Crippen molar-refractivity contribution >= 4 is 11.8 Å². The molecule has 1 aliphatic rings. The molecule has 130 valence electrons. The molecule has 0 nitrogen and oxygen atoms in total. The molecule has 4 aromatic rings. The lowest BCUT2D eigenvalue weighted by atomic mass is 9.68. The van der Waals surface area contributed by atoms with Crippen LogP contribution in [0, 0.1) is 0 Å². The Morgan fingerprint density at radius 3 is 1.63 bits per heavy atom. The average Bonchev–Trinajstić information content (AvgIpc) is 2.75. The van der Waals surface area contributed by atoms with E-state index < -0.39 is 0 Å². The van der Waals surface area contributed by atoms with Crippen LogP contribution in [-0.2, 0) is 5.41 Å². The fraction of sp³-hybridized carbons (Fsp3) is 0.0769. The molecule has 0 radical (unpaired) electrons. The summed E-state index contributed by atoms with van der Waals surface area (Å²) < 4.78 is 0. The van der Waals surface area contributed by atoms with Crippen molar-refractivity contribution in [2.75, 3.05) is 0 Å². The van der Waals surface area contributed by atoms with Gasteiger partial charge in [0.1, 0.15) is 0 Å². The maximum atomic E-state index is 2.38. The smallest absolute Gasteiger partial charge is 0.0451 e. The van der Waals surface area contributed by atoms with Crippen LogP contribution in [0.1, 0.15) is 23.6 Å². The van der Waals surface area contributed by atoms with E-state index in [9.17, 15) is 0 Å². The molecule has 4 aromatic carbocycles. The summed E-state index contributed by atoms with van der Waals surface area (Å²) in [5.74, 6) is 0. The highest BCUT2D eigenvalue weighted by atomic mass is 32.2. The predicted molar refractivity (Wildman–Crippen MR) is 114 cm³/mol. The molecule has 0 bridgehead atoms. The van der Waals surface area contributed by atoms with Gasteiger partial charge in [-0.05, 0) is 46.9 Å². The molecule has 0 fully saturated rings. The van der Waals surface area contributed by atoms with Gasteiger partial charge in [-0.3, -0.25) is 0 Å². The largest absolute Gasteiger partial charge is 0.0894 e. The Hall–Kier alpha value is -2.77. The van der Waals surface area contributed by atoms with Crippen molar-refractivity contribution in [2.45, 2.75) is 22.1 Å². The average molecular weight is 365 g/mol. The molecule has 0 atom stereocenters. The van der Waals surface area contributed by atoms with E-state index in [0.717, 1.165) is 0 Å². The highest BCUT2D eigenvalue weighted by Gasteiger charge is 2.39. The molecule has 0 saturated carbocycles. The van der Waals surface area contributed by atoms with Gasteiger partial charge in [0.2, 0.25) is 0 Å². The van der Waals surface area contributed by atoms with Crippen LogP contribution in [0.5, 0.6) is 0 Å². The van der Waals surface area contributed by atoms with Crippen LogP contribution in [0.3, 0.4) is 0 Å². The van der Waals surface area contributed by atoms with E-state index in [0.29, 0.717) is 0 Å². The van der Waals surface area contributed by atoms with E-state index in [-0.39, 0.29) is 5.41 Å². The lowest BCUT2D eigenvalue weighted by Crippen LogP contribution is -2.29. The van der Waals surface area contributed by atoms with Crippen LogP contribution in [0.15, 0.2) is 113 Å². The van der Waals surface area contributed by atoms with Crippen molar-refractivity contribution in [3.8, 4) is 11.1 Å². The molecule has 1 aliphatic heterocycles. The molecule has 0 aliphatic carbocycles. The van der Waals surface area contributed by atoms with Gasteiger partial charge in [0, 0.05) is 15.2 Å². The lowest BCUT2D eigenvalue weighted by Gasteiger charge is -2.39. The number of rotatable bonds is 2. The first kappa shape index (κ1) is 16.4. The lowest BCUT2D eigenvalue weighted by molar-refractivity contribution is 0.656. The number of hydrogen-bond acceptors (Lipinski definition) is 1. The van der Waals surface area contributed by atoms with Crippen molar-refractivity contribution in [2.24, 2.45) is 0 Å². The first-order chi connectivity index (χ1) is 13.3. The number of hydrogen-bond donors (Lipinski definition) is 0. The van der Waals surface area contributed by atoms with Crippen LogP contribution >= 0.6 is 11.8 Å². The molecule has 0 amide bonds. The molecule has 0 spiro atoms. The third kappa shape index (κ3) is 2.54. The summed E-state index contributed by atoms with van der Waals surface area (Å²) in [5.41, 5.74) is 6.51. The van der Waals surface area contributed by atoms with Gasteiger partial charge in [-0.2, -0.15) is 0 Å². The Kier molecular flexibility index (Phi) is 3.91. The van der Waals surface area contributed by atoms with Gasteiger partial charge in [0.25, 0.3) is 0 Å². The number of fused-ring (bicyclic) bond motifs is 2. The zero-order valence-corrected chi connectivity index (χ0v) is 16.0. The van der Waals surface area contributed by atoms with Crippen LogP contribution in [0.25, 0.3) is 11.1 Å². The van der Waals surface area contributed by atoms with E-state index in [4.69, 9.17) is 0 Å². The third-order valence-electron chi connectivity index (χ3n) is 5.62. The van der Waals surface area contributed by atoms with Gasteiger partial charge in [-0.25, -0.2) is 0 Å². The molecule has 27 heavy (non-hydrogen) atoms. The van der Waals surface area contributed by atoms with Crippen molar-refractivity contribution in [3.05, 3.63) is 120 Å². The summed E-state index contributed by atoms with van der Waals surface area (Å²) in [4.78, 5) is 2.70. The SMILES string of the molecule is CC1(c2ccccc2-c2ccccc2)c2ccccc2Sc2ccccc21. The Morgan fingerprint density at radius 1 is 0.519 bits per heavy atom. The summed E-state index contributed by atoms with van der Waals surface area (Å²) in [5, 5.41) is 0. The Balaban J connectivity index is 1.84. The van der Waals surface area contributed by atoms with Crippen molar-refractivity contribution in [1.29, 1.82) is 0 Å². The minimum atomic E-state index is -0.190. The summed E-state index contributed by atoms with van der Waals surface area (Å²) in [7, 11) is 0. The van der Waals surface area contributed by atoms with E-state index in [1.165, 1.54) is 37.6 Å². The second-order valence-electron chi connectivity index (χ2n) is 7.13. The highest BCUT2D eigenvalue weighted by molar-refractivity contribution is 7.99. The predicted octanol–water partition coefficient (Wildman–Crippen LogP) is 7.17. The van der Waals surface area contributed by atoms with Gasteiger partial charge < -0.3 is 0 Å². The first-order valence-corrected chi connectivity index (χ1v) is 10.1. The summed E-state index contributed by atoms with van der Waals surface area (Å²) in [6.45, 7) is 2.38. The van der Waals surface area contributed by atoms with Gasteiger partial charge in [-0.1, -0.05) is 103 Å². The third-order valence-corrected chi connectivity index (χ3v) is 6.77. The van der Waals surface area contributed by atoms with Gasteiger partial charge >= 0.3 is 0 Å². The van der Waals surface area contributed by atoms with Crippen LogP contribution in [0.4, 0.5) is 0 Å². The van der Waals surface area contributed by atoms with Gasteiger partial charge in [-0.15, -0.1) is 0 Å². The summed E-state index contributed by atoms with van der Waals surface area (Å²) >= 11 is 1.88. The van der Waals surface area contributed by atoms with E-state index in [1.807, 2.05) is 11.8 Å². The minimum Gasteiger partial charge on any atom is -0.0894 e. The minimum absolute atomic E-state index is 0.190. The highest BCUT2D eigenvalue weighted by Crippen LogP contribution is 2.53. The molecule has 1 heterocycles. The molecule has 0 N–H and O–H groups in total. The van der Waals surface area contributed by atoms with Crippen molar-refractivity contribution in [3.63, 3.8) is 0 Å². The fourth-order valence-corrected chi connectivity index (χ4v) is 5.57. The molecule has 0 saturated heterocycles. The molecular formula is C26H20S. The normalized spacial score (nSPS) is 14.3. The standard InChI is InChI=1S/C26H20S/c1-26(21-14-6-5-13-20(21)19-11-3-2-4-12-19)22-15-7-9-17-24(22)27-25-18-10-8-16-23(25)26/h2-18H,1H3. The quantitative estimate of drug-likeness (QED) is 0.363. The van der Waals surface area contributed by atoms with Crippen molar-refractivity contribution in [1.82, 2.24) is 0 Å². The zero-order chi connectivity index (χ0) is 18.3. The Morgan fingerprint density at radius 2 is 1.00 bits per heavy atom. The summed E-state index contributed by atoms with van der Waals surface area (Å²) in [6.07, 6.45) is 0. The number of benzene rings is 4. The van der Waals surface area contributed by atoms with Crippen LogP contribution in [0.2, 0.25) is 0 Å². The van der Waals surface area contributed by atoms with Crippen LogP contribution < -0.4 is 0 Å². The second-order valence-corrected chi connectivity index (χ2v) is 8.21. The van der Waals surface area contributed by atoms with Gasteiger partial charge in [0.05, 0.1) is 0 Å². The topological polar surface area (TPSA) is 0 Å². The molecular weight excluding hydrogens is 344 g/mol. The molecule has 5 rings (SSSR count). The van der Waals surface area contributed by atoms with Gasteiger partial charge in [0.15, 0.2) is 0 Å². The maximum absolute atomic E-state index is 2.38. The van der Waals surface area contributed by atoms with Crippen molar-refractivity contribution < 1.29 is 0 Å². The monoisotopic (exact) mass is 364 g/mol. The molecule has 1 heteroatoms. The fourth-order valence-electron chi connectivity index (χ4n) is 4.28. The maximum Gasteiger partial charge on any atom is 0.0451 e. The Bertz CT molecular complexity index is 1070. The molecule has 0 unspecified atom stereocenters. The van der Waals surface area contributed by atoms with E-state index in [2.05, 4.69) is 110 Å². The first-order valence-electron chi connectivity index (χ1n) is 9.30. The second kappa shape index (κ2) is 6.44. The zero-order valence-electron chi connectivity index (χ0n) is 15.2. The molecule has 0 aromatic heterocycles. The Labute approximate surface area is 164 Å².